The van der Waals surface area contributed by atoms with Crippen molar-refractivity contribution in [2.75, 3.05) is 5.32 Å². The molecule has 0 saturated heterocycles. The van der Waals surface area contributed by atoms with Crippen molar-refractivity contribution >= 4 is 46.2 Å². The van der Waals surface area contributed by atoms with Gasteiger partial charge in [-0.3, -0.25) is 4.79 Å². The van der Waals surface area contributed by atoms with Crippen LogP contribution in [0.5, 0.6) is 0 Å². The minimum atomic E-state index is -2.87. The minimum absolute atomic E-state index is 0.0563. The first-order chi connectivity index (χ1) is 16.6. The van der Waals surface area contributed by atoms with Gasteiger partial charge in [-0.25, -0.2) is 13.8 Å². The highest BCUT2D eigenvalue weighted by Gasteiger charge is 2.28. The Morgan fingerprint density at radius 3 is 2.29 bits per heavy atom. The van der Waals surface area contributed by atoms with Crippen LogP contribution < -0.4 is 11.1 Å². The molecular weight excluding hydrogens is 491 g/mol. The normalized spacial score (nSPS) is 12.5. The highest BCUT2D eigenvalue weighted by atomic mass is 35.5. The van der Waals surface area contributed by atoms with E-state index in [2.05, 4.69) is 10.3 Å². The SMILES string of the molecule is CCC(F)(F)c1ccc(CC(=O)Nc2ccc(N=C(C=C(C)N)c3ccc(Cl)cc3Cl)cc2)cc1. The molecule has 0 fully saturated rings. The Hall–Kier alpha value is -3.22. The summed E-state index contributed by atoms with van der Waals surface area (Å²) in [4.78, 5) is 17.1. The predicted molar refractivity (Wildman–Crippen MR) is 140 cm³/mol. The van der Waals surface area contributed by atoms with Crippen LogP contribution in [0.2, 0.25) is 10.0 Å². The molecule has 0 bridgehead atoms. The zero-order valence-electron chi connectivity index (χ0n) is 19.3. The monoisotopic (exact) mass is 515 g/mol. The average Bonchev–Trinajstić information content (AvgIpc) is 2.80. The number of nitrogens with one attached hydrogen (secondary N) is 1. The summed E-state index contributed by atoms with van der Waals surface area (Å²) in [5.74, 6) is -3.13. The first kappa shape index (κ1) is 26.4. The van der Waals surface area contributed by atoms with Gasteiger partial charge < -0.3 is 11.1 Å². The number of alkyl halides is 2. The zero-order chi connectivity index (χ0) is 25.6. The van der Waals surface area contributed by atoms with Crippen molar-refractivity contribution in [3.8, 4) is 0 Å². The molecule has 0 saturated carbocycles. The van der Waals surface area contributed by atoms with Gasteiger partial charge in [-0.1, -0.05) is 54.4 Å². The Morgan fingerprint density at radius 1 is 1.06 bits per heavy atom. The summed E-state index contributed by atoms with van der Waals surface area (Å²) in [5, 5.41) is 3.77. The molecule has 35 heavy (non-hydrogen) atoms. The van der Waals surface area contributed by atoms with Gasteiger partial charge in [0.15, 0.2) is 0 Å². The maximum Gasteiger partial charge on any atom is 0.273 e. The number of rotatable bonds is 8. The summed E-state index contributed by atoms with van der Waals surface area (Å²) in [6.07, 6.45) is 1.51. The van der Waals surface area contributed by atoms with E-state index in [0.29, 0.717) is 44.0 Å². The summed E-state index contributed by atoms with van der Waals surface area (Å²) in [6.45, 7) is 3.18. The largest absolute Gasteiger partial charge is 0.402 e. The molecule has 0 aliphatic carbocycles. The number of anilines is 1. The summed E-state index contributed by atoms with van der Waals surface area (Å²) >= 11 is 12.3. The third-order valence-corrected chi connectivity index (χ3v) is 5.70. The smallest absolute Gasteiger partial charge is 0.273 e. The molecule has 0 aromatic heterocycles. The Morgan fingerprint density at radius 2 is 1.71 bits per heavy atom. The molecule has 0 atom stereocenters. The van der Waals surface area contributed by atoms with Crippen LogP contribution in [0.1, 0.15) is 37.0 Å². The van der Waals surface area contributed by atoms with Crippen molar-refractivity contribution in [2.24, 2.45) is 10.7 Å². The van der Waals surface area contributed by atoms with E-state index in [9.17, 15) is 13.6 Å². The van der Waals surface area contributed by atoms with Crippen LogP contribution in [0.4, 0.5) is 20.2 Å². The molecule has 3 rings (SSSR count). The van der Waals surface area contributed by atoms with Crippen LogP contribution in [0.3, 0.4) is 0 Å². The first-order valence-electron chi connectivity index (χ1n) is 10.9. The number of halogens is 4. The predicted octanol–water partition coefficient (Wildman–Crippen LogP) is 7.66. The highest BCUT2D eigenvalue weighted by molar-refractivity contribution is 6.37. The van der Waals surface area contributed by atoms with E-state index >= 15 is 0 Å². The van der Waals surface area contributed by atoms with E-state index < -0.39 is 5.92 Å². The molecule has 1 amide bonds. The molecular formula is C27H25Cl2F2N3O. The lowest BCUT2D eigenvalue weighted by atomic mass is 10.0. The fourth-order valence-corrected chi connectivity index (χ4v) is 3.81. The van der Waals surface area contributed by atoms with Crippen LogP contribution in [0.15, 0.2) is 83.5 Å². The van der Waals surface area contributed by atoms with Crippen LogP contribution in [0, 0.1) is 0 Å². The minimum Gasteiger partial charge on any atom is -0.402 e. The summed E-state index contributed by atoms with van der Waals surface area (Å²) in [7, 11) is 0. The highest BCUT2D eigenvalue weighted by Crippen LogP contribution is 2.31. The number of hydrogen-bond acceptors (Lipinski definition) is 3. The quantitative estimate of drug-likeness (QED) is 0.302. The third kappa shape index (κ3) is 7.38. The second-order valence-electron chi connectivity index (χ2n) is 8.04. The third-order valence-electron chi connectivity index (χ3n) is 5.16. The molecule has 0 aliphatic heterocycles. The maximum atomic E-state index is 13.8. The number of benzene rings is 3. The van der Waals surface area contributed by atoms with Crippen LogP contribution >= 0.6 is 23.2 Å². The molecule has 0 spiro atoms. The van der Waals surface area contributed by atoms with Gasteiger partial charge >= 0.3 is 0 Å². The molecule has 3 aromatic carbocycles. The molecule has 0 heterocycles. The molecule has 0 aliphatic rings. The lowest BCUT2D eigenvalue weighted by molar-refractivity contribution is -0.115. The van der Waals surface area contributed by atoms with Crippen molar-refractivity contribution in [1.82, 2.24) is 0 Å². The van der Waals surface area contributed by atoms with Gasteiger partial charge in [0.05, 0.1) is 22.8 Å². The topological polar surface area (TPSA) is 67.5 Å². The molecule has 4 nitrogen and oxygen atoms in total. The second kappa shape index (κ2) is 11.5. The van der Waals surface area contributed by atoms with Crippen LogP contribution in [-0.4, -0.2) is 11.6 Å². The average molecular weight is 516 g/mol. The standard InChI is InChI=1S/C27H25Cl2F2N3O/c1-3-27(30,31)19-6-4-18(5-7-19)15-26(35)34-22-11-9-21(10-12-22)33-25(14-17(2)32)23-13-8-20(28)16-24(23)29/h4-14,16H,3,15,32H2,1-2H3,(H,34,35). The fraction of sp³-hybridized carbons (Fsp3) is 0.185. The van der Waals surface area contributed by atoms with Crippen molar-refractivity contribution in [3.63, 3.8) is 0 Å². The molecule has 182 valence electrons. The molecule has 0 unspecified atom stereocenters. The lowest BCUT2D eigenvalue weighted by Gasteiger charge is -2.14. The molecule has 3 aromatic rings. The van der Waals surface area contributed by atoms with Gasteiger partial charge in [0.2, 0.25) is 5.91 Å². The number of allylic oxidation sites excluding steroid dienone is 2. The molecule has 3 N–H and O–H groups in total. The van der Waals surface area contributed by atoms with Gasteiger partial charge in [-0.2, -0.15) is 0 Å². The first-order valence-corrected chi connectivity index (χ1v) is 11.7. The van der Waals surface area contributed by atoms with Gasteiger partial charge in [0, 0.05) is 34.0 Å². The van der Waals surface area contributed by atoms with E-state index in [4.69, 9.17) is 28.9 Å². The van der Waals surface area contributed by atoms with Crippen LogP contribution in [0.25, 0.3) is 0 Å². The van der Waals surface area contributed by atoms with Gasteiger partial charge in [-0.05, 0) is 61.0 Å². The molecule has 0 radical (unpaired) electrons. The number of aliphatic imine (C=N–C) groups is 1. The Labute approximate surface area is 213 Å². The fourth-order valence-electron chi connectivity index (χ4n) is 3.30. The van der Waals surface area contributed by atoms with Crippen molar-refractivity contribution in [1.29, 1.82) is 0 Å². The second-order valence-corrected chi connectivity index (χ2v) is 8.88. The van der Waals surface area contributed by atoms with E-state index in [1.54, 1.807) is 67.6 Å². The number of amides is 1. The Balaban J connectivity index is 1.71. The Kier molecular flexibility index (Phi) is 8.65. The van der Waals surface area contributed by atoms with E-state index in [0.717, 1.165) is 0 Å². The number of nitrogens with zero attached hydrogens (tertiary/aromatic N) is 1. The summed E-state index contributed by atoms with van der Waals surface area (Å²) in [6, 6.07) is 17.9. The van der Waals surface area contributed by atoms with Crippen molar-refractivity contribution < 1.29 is 13.6 Å². The maximum absolute atomic E-state index is 13.8. The van der Waals surface area contributed by atoms with E-state index in [1.807, 2.05) is 0 Å². The number of carbonyl (C=O) groups excluding carboxylic acids is 1. The molecule has 8 heteroatoms. The van der Waals surface area contributed by atoms with Crippen molar-refractivity contribution in [2.45, 2.75) is 32.6 Å². The summed E-state index contributed by atoms with van der Waals surface area (Å²) in [5.41, 5.74) is 9.49. The van der Waals surface area contributed by atoms with E-state index in [1.165, 1.54) is 19.1 Å². The zero-order valence-corrected chi connectivity index (χ0v) is 20.8. The number of nitrogens with two attached hydrogens (primary N) is 1. The lowest BCUT2D eigenvalue weighted by Crippen LogP contribution is -2.15. The van der Waals surface area contributed by atoms with Gasteiger partial charge in [-0.15, -0.1) is 0 Å². The Bertz CT molecular complexity index is 1250. The summed E-state index contributed by atoms with van der Waals surface area (Å²) < 4.78 is 27.5. The van der Waals surface area contributed by atoms with Gasteiger partial charge in [0.1, 0.15) is 0 Å². The number of hydrogen-bond donors (Lipinski definition) is 2. The van der Waals surface area contributed by atoms with Gasteiger partial charge in [0.25, 0.3) is 5.92 Å². The number of carbonyl (C=O) groups is 1. The van der Waals surface area contributed by atoms with E-state index in [-0.39, 0.29) is 24.3 Å². The van der Waals surface area contributed by atoms with Crippen LogP contribution in [-0.2, 0) is 17.1 Å². The van der Waals surface area contributed by atoms with Crippen molar-refractivity contribution in [3.05, 3.63) is 105 Å².